The van der Waals surface area contributed by atoms with Crippen molar-refractivity contribution in [3.63, 3.8) is 0 Å². The number of anilines is 1. The van der Waals surface area contributed by atoms with Crippen LogP contribution in [0.15, 0.2) is 46.0 Å². The second kappa shape index (κ2) is 6.93. The number of amides is 1. The monoisotopic (exact) mass is 345 g/mol. The third-order valence-electron chi connectivity index (χ3n) is 3.03. The minimum Gasteiger partial charge on any atom is -0.326 e. The zero-order valence-corrected chi connectivity index (χ0v) is 14.3. The third kappa shape index (κ3) is 4.17. The molecule has 0 bridgehead atoms. The number of aromatic nitrogens is 4. The van der Waals surface area contributed by atoms with E-state index in [0.29, 0.717) is 6.42 Å². The SMILES string of the molecule is Cc1nc(CC(=O)Nc2ccc(Sc3nncn3C)cc2)cs1. The van der Waals surface area contributed by atoms with E-state index in [1.54, 1.807) is 17.7 Å². The standard InChI is InChI=1S/C15H15N5OS2/c1-10-17-12(8-22-10)7-14(21)18-11-3-5-13(6-4-11)23-15-19-16-9-20(15)2/h3-6,8-9H,7H2,1-2H3,(H,18,21). The van der Waals surface area contributed by atoms with Crippen LogP contribution in [-0.2, 0) is 18.3 Å². The van der Waals surface area contributed by atoms with Gasteiger partial charge in [-0.25, -0.2) is 4.98 Å². The van der Waals surface area contributed by atoms with Crippen molar-refractivity contribution in [2.24, 2.45) is 7.05 Å². The molecule has 3 rings (SSSR count). The van der Waals surface area contributed by atoms with Gasteiger partial charge in [-0.1, -0.05) is 0 Å². The van der Waals surface area contributed by atoms with Crippen LogP contribution in [0, 0.1) is 6.92 Å². The maximum absolute atomic E-state index is 12.0. The number of hydrogen-bond donors (Lipinski definition) is 1. The first-order chi connectivity index (χ1) is 11.1. The number of benzene rings is 1. The van der Waals surface area contributed by atoms with Crippen LogP contribution in [0.1, 0.15) is 10.7 Å². The van der Waals surface area contributed by atoms with E-state index in [1.807, 2.05) is 48.2 Å². The molecule has 1 aromatic carbocycles. The van der Waals surface area contributed by atoms with Crippen molar-refractivity contribution in [2.45, 2.75) is 23.4 Å². The van der Waals surface area contributed by atoms with Gasteiger partial charge in [0, 0.05) is 23.0 Å². The number of thiazole rings is 1. The van der Waals surface area contributed by atoms with Gasteiger partial charge in [-0.2, -0.15) is 0 Å². The van der Waals surface area contributed by atoms with Crippen LogP contribution < -0.4 is 5.32 Å². The Morgan fingerprint density at radius 1 is 1.35 bits per heavy atom. The minimum atomic E-state index is -0.0657. The van der Waals surface area contributed by atoms with Gasteiger partial charge in [0.15, 0.2) is 5.16 Å². The van der Waals surface area contributed by atoms with Crippen LogP contribution in [0.3, 0.4) is 0 Å². The van der Waals surface area contributed by atoms with Gasteiger partial charge < -0.3 is 9.88 Å². The molecule has 0 saturated heterocycles. The highest BCUT2D eigenvalue weighted by Crippen LogP contribution is 2.26. The lowest BCUT2D eigenvalue weighted by Crippen LogP contribution is -2.14. The number of aryl methyl sites for hydroxylation is 2. The van der Waals surface area contributed by atoms with Crippen molar-refractivity contribution in [1.82, 2.24) is 19.7 Å². The van der Waals surface area contributed by atoms with E-state index < -0.39 is 0 Å². The van der Waals surface area contributed by atoms with Crippen molar-refractivity contribution in [2.75, 3.05) is 5.32 Å². The van der Waals surface area contributed by atoms with Gasteiger partial charge >= 0.3 is 0 Å². The summed E-state index contributed by atoms with van der Waals surface area (Å²) in [6, 6.07) is 7.65. The summed E-state index contributed by atoms with van der Waals surface area (Å²) < 4.78 is 1.86. The highest BCUT2D eigenvalue weighted by molar-refractivity contribution is 7.99. The summed E-state index contributed by atoms with van der Waals surface area (Å²) in [7, 11) is 1.90. The molecular formula is C15H15N5OS2. The van der Waals surface area contributed by atoms with Gasteiger partial charge in [-0.3, -0.25) is 4.79 Å². The lowest BCUT2D eigenvalue weighted by molar-refractivity contribution is -0.115. The molecule has 0 saturated carbocycles. The summed E-state index contributed by atoms with van der Waals surface area (Å²) in [5, 5.41) is 14.5. The number of rotatable bonds is 5. The predicted octanol–water partition coefficient (Wildman–Crippen LogP) is 2.91. The molecule has 0 aliphatic heterocycles. The summed E-state index contributed by atoms with van der Waals surface area (Å²) in [5.41, 5.74) is 1.57. The topological polar surface area (TPSA) is 72.7 Å². The molecule has 1 N–H and O–H groups in total. The van der Waals surface area contributed by atoms with Gasteiger partial charge in [0.1, 0.15) is 6.33 Å². The summed E-state index contributed by atoms with van der Waals surface area (Å²) >= 11 is 3.07. The number of nitrogens with one attached hydrogen (secondary N) is 1. The van der Waals surface area contributed by atoms with Crippen LogP contribution in [-0.4, -0.2) is 25.7 Å². The van der Waals surface area contributed by atoms with Crippen molar-refractivity contribution in [1.29, 1.82) is 0 Å². The minimum absolute atomic E-state index is 0.0657. The molecule has 1 amide bonds. The average molecular weight is 345 g/mol. The van der Waals surface area contributed by atoms with Crippen molar-refractivity contribution >= 4 is 34.7 Å². The fraction of sp³-hybridized carbons (Fsp3) is 0.200. The summed E-state index contributed by atoms with van der Waals surface area (Å²) in [5.74, 6) is -0.0657. The zero-order chi connectivity index (χ0) is 16.2. The van der Waals surface area contributed by atoms with E-state index in [2.05, 4.69) is 20.5 Å². The zero-order valence-electron chi connectivity index (χ0n) is 12.7. The third-order valence-corrected chi connectivity index (χ3v) is 4.91. The van der Waals surface area contributed by atoms with Crippen molar-refractivity contribution < 1.29 is 4.79 Å². The fourth-order valence-corrected chi connectivity index (χ4v) is 3.31. The van der Waals surface area contributed by atoms with Crippen LogP contribution in [0.25, 0.3) is 0 Å². The first kappa shape index (κ1) is 15.7. The molecule has 0 aliphatic rings. The molecule has 6 nitrogen and oxygen atoms in total. The Bertz CT molecular complexity index is 809. The maximum atomic E-state index is 12.0. The molecule has 2 heterocycles. The molecule has 3 aromatic rings. The summed E-state index contributed by atoms with van der Waals surface area (Å²) in [6.07, 6.45) is 1.96. The Morgan fingerprint density at radius 2 is 2.13 bits per heavy atom. The first-order valence-electron chi connectivity index (χ1n) is 6.93. The largest absolute Gasteiger partial charge is 0.326 e. The number of carbonyl (C=O) groups is 1. The second-order valence-corrected chi connectivity index (χ2v) is 7.04. The molecule has 23 heavy (non-hydrogen) atoms. The Kier molecular flexibility index (Phi) is 4.73. The first-order valence-corrected chi connectivity index (χ1v) is 8.62. The normalized spacial score (nSPS) is 10.7. The van der Waals surface area contributed by atoms with Gasteiger partial charge in [0.25, 0.3) is 0 Å². The molecule has 0 atom stereocenters. The summed E-state index contributed by atoms with van der Waals surface area (Å²) in [6.45, 7) is 1.93. The molecule has 0 unspecified atom stereocenters. The van der Waals surface area contributed by atoms with E-state index in [1.165, 1.54) is 11.8 Å². The van der Waals surface area contributed by atoms with Crippen molar-refractivity contribution in [3.05, 3.63) is 46.7 Å². The van der Waals surface area contributed by atoms with Gasteiger partial charge in [-0.15, -0.1) is 21.5 Å². The smallest absolute Gasteiger partial charge is 0.230 e. The van der Waals surface area contributed by atoms with E-state index in [9.17, 15) is 4.79 Å². The highest BCUT2D eigenvalue weighted by Gasteiger charge is 2.08. The molecule has 0 aliphatic carbocycles. The fourth-order valence-electron chi connectivity index (χ4n) is 1.94. The van der Waals surface area contributed by atoms with E-state index in [-0.39, 0.29) is 5.91 Å². The second-order valence-electron chi connectivity index (χ2n) is 4.93. The Morgan fingerprint density at radius 3 is 2.74 bits per heavy atom. The van der Waals surface area contributed by atoms with Crippen LogP contribution >= 0.6 is 23.1 Å². The lowest BCUT2D eigenvalue weighted by Gasteiger charge is -2.05. The van der Waals surface area contributed by atoms with Gasteiger partial charge in [-0.05, 0) is 43.0 Å². The number of nitrogens with zero attached hydrogens (tertiary/aromatic N) is 4. The quantitative estimate of drug-likeness (QED) is 0.770. The average Bonchev–Trinajstić information content (AvgIpc) is 3.10. The summed E-state index contributed by atoms with van der Waals surface area (Å²) in [4.78, 5) is 17.3. The van der Waals surface area contributed by atoms with Crippen LogP contribution in [0.4, 0.5) is 5.69 Å². The van der Waals surface area contributed by atoms with Gasteiger partial charge in [0.2, 0.25) is 5.91 Å². The Balaban J connectivity index is 1.58. The predicted molar refractivity (Wildman–Crippen MR) is 90.8 cm³/mol. The Hall–Kier alpha value is -2.19. The number of carbonyl (C=O) groups excluding carboxylic acids is 1. The van der Waals surface area contributed by atoms with E-state index in [0.717, 1.165) is 26.4 Å². The lowest BCUT2D eigenvalue weighted by atomic mass is 10.3. The Labute approximate surface area is 142 Å². The van der Waals surface area contributed by atoms with E-state index >= 15 is 0 Å². The highest BCUT2D eigenvalue weighted by atomic mass is 32.2. The molecule has 0 spiro atoms. The van der Waals surface area contributed by atoms with Crippen LogP contribution in [0.2, 0.25) is 0 Å². The number of hydrogen-bond acceptors (Lipinski definition) is 6. The molecular weight excluding hydrogens is 330 g/mol. The molecule has 0 radical (unpaired) electrons. The molecule has 2 aromatic heterocycles. The van der Waals surface area contributed by atoms with E-state index in [4.69, 9.17) is 0 Å². The molecule has 0 fully saturated rings. The molecule has 8 heteroatoms. The van der Waals surface area contributed by atoms with Crippen LogP contribution in [0.5, 0.6) is 0 Å². The molecule has 118 valence electrons. The van der Waals surface area contributed by atoms with Gasteiger partial charge in [0.05, 0.1) is 17.1 Å². The maximum Gasteiger partial charge on any atom is 0.230 e. The van der Waals surface area contributed by atoms with Crippen molar-refractivity contribution in [3.8, 4) is 0 Å².